The second-order valence-electron chi connectivity index (χ2n) is 3.76. The van der Waals surface area contributed by atoms with Crippen LogP contribution in [0, 0.1) is 0 Å². The van der Waals surface area contributed by atoms with E-state index < -0.39 is 16.1 Å². The molecule has 0 atom stereocenters. The molecule has 7 nitrogen and oxygen atoms in total. The van der Waals surface area contributed by atoms with E-state index in [1.165, 1.54) is 12.1 Å². The predicted molar refractivity (Wildman–Crippen MR) is 65.1 cm³/mol. The Kier molecular flexibility index (Phi) is 3.30. The minimum atomic E-state index is -3.76. The smallest absolute Gasteiger partial charge is 0.245 e. The fourth-order valence-corrected chi connectivity index (χ4v) is 2.47. The molecule has 0 radical (unpaired) electrons. The maximum Gasteiger partial charge on any atom is 0.353 e. The van der Waals surface area contributed by atoms with Gasteiger partial charge in [-0.05, 0) is 19.1 Å². The summed E-state index contributed by atoms with van der Waals surface area (Å²) >= 11 is 0. The van der Waals surface area contributed by atoms with Gasteiger partial charge in [0.2, 0.25) is 0 Å². The maximum absolute atomic E-state index is 12.0. The SMILES string of the molecule is CC1=NNC(=O)N(NS(=O)(=O)c2ccccc2)C1. The van der Waals surface area contributed by atoms with E-state index in [-0.39, 0.29) is 11.4 Å². The fourth-order valence-electron chi connectivity index (χ4n) is 1.41. The number of nitrogens with zero attached hydrogens (tertiary/aromatic N) is 2. The van der Waals surface area contributed by atoms with E-state index >= 15 is 0 Å². The number of hydrogen-bond donors (Lipinski definition) is 2. The van der Waals surface area contributed by atoms with Gasteiger partial charge in [0.25, 0.3) is 10.0 Å². The largest absolute Gasteiger partial charge is 0.353 e. The van der Waals surface area contributed by atoms with Gasteiger partial charge < -0.3 is 0 Å². The van der Waals surface area contributed by atoms with Crippen LogP contribution in [0.3, 0.4) is 0 Å². The van der Waals surface area contributed by atoms with E-state index in [2.05, 4.69) is 15.4 Å². The first-order valence-corrected chi connectivity index (χ1v) is 6.65. The Morgan fingerprint density at radius 2 is 2.00 bits per heavy atom. The van der Waals surface area contributed by atoms with E-state index in [1.807, 2.05) is 0 Å². The summed E-state index contributed by atoms with van der Waals surface area (Å²) in [4.78, 5) is 13.7. The fraction of sp³-hybridized carbons (Fsp3) is 0.200. The zero-order valence-corrected chi connectivity index (χ0v) is 10.4. The molecule has 1 aromatic rings. The number of carbonyl (C=O) groups excluding carboxylic acids is 1. The molecule has 0 saturated carbocycles. The molecule has 0 bridgehead atoms. The number of rotatable bonds is 3. The van der Waals surface area contributed by atoms with Crippen LogP contribution in [0.2, 0.25) is 0 Å². The van der Waals surface area contributed by atoms with Crippen molar-refractivity contribution < 1.29 is 13.2 Å². The predicted octanol–water partition coefficient (Wildman–Crippen LogP) is 0.281. The summed E-state index contributed by atoms with van der Waals surface area (Å²) in [7, 11) is -3.76. The third kappa shape index (κ3) is 2.66. The molecule has 0 saturated heterocycles. The van der Waals surface area contributed by atoms with Crippen LogP contribution in [0.15, 0.2) is 40.3 Å². The Morgan fingerprint density at radius 1 is 1.33 bits per heavy atom. The molecule has 2 amide bonds. The number of benzene rings is 1. The Labute approximate surface area is 105 Å². The molecular weight excluding hydrogens is 256 g/mol. The van der Waals surface area contributed by atoms with Crippen LogP contribution < -0.4 is 10.3 Å². The standard InChI is InChI=1S/C10H12N4O3S/c1-8-7-14(10(15)12-11-8)13-18(16,17)9-5-3-2-4-6-9/h2-6,13H,7H2,1H3,(H,12,15). The van der Waals surface area contributed by atoms with Gasteiger partial charge in [0.05, 0.1) is 17.2 Å². The molecule has 8 heteroatoms. The number of sulfonamides is 1. The Bertz CT molecular complexity index is 582. The summed E-state index contributed by atoms with van der Waals surface area (Å²) in [5.41, 5.74) is 2.81. The molecule has 1 heterocycles. The van der Waals surface area contributed by atoms with Gasteiger partial charge in [-0.1, -0.05) is 18.2 Å². The topological polar surface area (TPSA) is 90.9 Å². The molecule has 0 fully saturated rings. The molecule has 0 spiro atoms. The second-order valence-corrected chi connectivity index (χ2v) is 5.42. The minimum Gasteiger partial charge on any atom is -0.245 e. The van der Waals surface area contributed by atoms with Crippen LogP contribution in [0.25, 0.3) is 0 Å². The average Bonchev–Trinajstić information content (AvgIpc) is 2.35. The summed E-state index contributed by atoms with van der Waals surface area (Å²) < 4.78 is 24.0. The number of hydrogen-bond acceptors (Lipinski definition) is 4. The van der Waals surface area contributed by atoms with Gasteiger partial charge >= 0.3 is 6.03 Å². The highest BCUT2D eigenvalue weighted by Crippen LogP contribution is 2.08. The monoisotopic (exact) mass is 268 g/mol. The van der Waals surface area contributed by atoms with Crippen molar-refractivity contribution in [2.24, 2.45) is 5.10 Å². The summed E-state index contributed by atoms with van der Waals surface area (Å²) in [6.45, 7) is 1.79. The number of carbonyl (C=O) groups is 1. The second kappa shape index (κ2) is 4.75. The van der Waals surface area contributed by atoms with E-state index in [4.69, 9.17) is 0 Å². The third-order valence-electron chi connectivity index (χ3n) is 2.26. The number of nitrogens with one attached hydrogen (secondary N) is 2. The molecular formula is C10H12N4O3S. The maximum atomic E-state index is 12.0. The van der Waals surface area contributed by atoms with Gasteiger partial charge in [-0.25, -0.2) is 23.6 Å². The molecule has 96 valence electrons. The van der Waals surface area contributed by atoms with Crippen molar-refractivity contribution in [2.75, 3.05) is 6.54 Å². The van der Waals surface area contributed by atoms with Gasteiger partial charge in [0, 0.05) is 0 Å². The van der Waals surface area contributed by atoms with Crippen molar-refractivity contribution in [1.82, 2.24) is 15.3 Å². The number of hydrazone groups is 1. The lowest BCUT2D eigenvalue weighted by atomic mass is 10.4. The van der Waals surface area contributed by atoms with Crippen LogP contribution in [0.4, 0.5) is 4.79 Å². The van der Waals surface area contributed by atoms with E-state index in [9.17, 15) is 13.2 Å². The van der Waals surface area contributed by atoms with Gasteiger partial charge in [-0.15, -0.1) is 4.83 Å². The first-order chi connectivity index (χ1) is 8.49. The minimum absolute atomic E-state index is 0.0953. The third-order valence-corrected chi connectivity index (χ3v) is 3.61. The van der Waals surface area contributed by atoms with Crippen LogP contribution in [0.5, 0.6) is 0 Å². The lowest BCUT2D eigenvalue weighted by molar-refractivity contribution is 0.193. The molecule has 2 N–H and O–H groups in total. The van der Waals surface area contributed by atoms with E-state index in [1.54, 1.807) is 25.1 Å². The van der Waals surface area contributed by atoms with Crippen LogP contribution in [0.1, 0.15) is 6.92 Å². The lowest BCUT2D eigenvalue weighted by Gasteiger charge is -2.25. The normalized spacial score (nSPS) is 16.2. The first-order valence-electron chi connectivity index (χ1n) is 5.17. The van der Waals surface area contributed by atoms with Crippen LogP contribution >= 0.6 is 0 Å². The Hall–Kier alpha value is -1.93. The Morgan fingerprint density at radius 3 is 2.67 bits per heavy atom. The zero-order valence-electron chi connectivity index (χ0n) is 9.62. The van der Waals surface area contributed by atoms with Crippen LogP contribution in [-0.2, 0) is 10.0 Å². The van der Waals surface area contributed by atoms with Gasteiger partial charge in [-0.2, -0.15) is 5.10 Å². The average molecular weight is 268 g/mol. The summed E-state index contributed by atoms with van der Waals surface area (Å²) in [6, 6.07) is 7.22. The van der Waals surface area contributed by atoms with Gasteiger partial charge in [0.1, 0.15) is 0 Å². The van der Waals surface area contributed by atoms with Crippen molar-refractivity contribution in [1.29, 1.82) is 0 Å². The molecule has 18 heavy (non-hydrogen) atoms. The quantitative estimate of drug-likeness (QED) is 0.825. The highest BCUT2D eigenvalue weighted by molar-refractivity contribution is 7.89. The number of hydrazine groups is 1. The van der Waals surface area contributed by atoms with E-state index in [0.29, 0.717) is 5.71 Å². The summed E-state index contributed by atoms with van der Waals surface area (Å²) in [5, 5.41) is 4.67. The van der Waals surface area contributed by atoms with Crippen molar-refractivity contribution in [3.8, 4) is 0 Å². The summed E-state index contributed by atoms with van der Waals surface area (Å²) in [6.07, 6.45) is 0. The molecule has 0 aliphatic carbocycles. The highest BCUT2D eigenvalue weighted by atomic mass is 32.2. The number of urea groups is 1. The molecule has 1 aliphatic rings. The molecule has 1 aliphatic heterocycles. The van der Waals surface area contributed by atoms with E-state index in [0.717, 1.165) is 5.01 Å². The zero-order chi connectivity index (χ0) is 13.2. The lowest BCUT2D eigenvalue weighted by Crippen LogP contribution is -2.54. The molecule has 0 aromatic heterocycles. The Balaban J connectivity index is 2.19. The molecule has 2 rings (SSSR count). The molecule has 0 unspecified atom stereocenters. The van der Waals surface area contributed by atoms with Gasteiger partial charge in [0.15, 0.2) is 0 Å². The first kappa shape index (κ1) is 12.5. The van der Waals surface area contributed by atoms with Gasteiger partial charge in [-0.3, -0.25) is 0 Å². The highest BCUT2D eigenvalue weighted by Gasteiger charge is 2.24. The van der Waals surface area contributed by atoms with Crippen molar-refractivity contribution in [3.05, 3.63) is 30.3 Å². The van der Waals surface area contributed by atoms with Crippen LogP contribution in [-0.4, -0.2) is 31.7 Å². The number of amides is 2. The van der Waals surface area contributed by atoms with Crippen molar-refractivity contribution in [3.63, 3.8) is 0 Å². The summed E-state index contributed by atoms with van der Waals surface area (Å²) in [5.74, 6) is 0. The van der Waals surface area contributed by atoms with Crippen molar-refractivity contribution in [2.45, 2.75) is 11.8 Å². The molecule has 1 aromatic carbocycles. The van der Waals surface area contributed by atoms with Crippen molar-refractivity contribution >= 4 is 21.8 Å².